The lowest BCUT2D eigenvalue weighted by atomic mass is 10.0. The zero-order valence-electron chi connectivity index (χ0n) is 15.3. The first kappa shape index (κ1) is 20.3. The summed E-state index contributed by atoms with van der Waals surface area (Å²) < 4.78 is 25.1. The van der Waals surface area contributed by atoms with Crippen LogP contribution in [0.15, 0.2) is 60.9 Å². The van der Waals surface area contributed by atoms with Crippen molar-refractivity contribution in [3.8, 4) is 5.75 Å². The van der Waals surface area contributed by atoms with Gasteiger partial charge in [0.25, 0.3) is 0 Å². The van der Waals surface area contributed by atoms with Gasteiger partial charge in [-0.05, 0) is 82.6 Å². The van der Waals surface area contributed by atoms with Gasteiger partial charge < -0.3 is 9.47 Å². The van der Waals surface area contributed by atoms with Gasteiger partial charge in [-0.2, -0.15) is 0 Å². The average Bonchev–Trinajstić information content (AvgIpc) is 2.69. The second-order valence-electron chi connectivity index (χ2n) is 6.15. The molecule has 1 aromatic heterocycles. The van der Waals surface area contributed by atoms with Gasteiger partial charge in [0.05, 0.1) is 12.2 Å². The summed E-state index contributed by atoms with van der Waals surface area (Å²) in [5.41, 5.74) is 3.19. The van der Waals surface area contributed by atoms with Crippen molar-refractivity contribution in [1.29, 1.82) is 0 Å². The average molecular weight is 491 g/mol. The van der Waals surface area contributed by atoms with Crippen molar-refractivity contribution in [2.24, 2.45) is 0 Å². The van der Waals surface area contributed by atoms with Crippen LogP contribution in [0, 0.1) is 9.39 Å². The minimum absolute atomic E-state index is 0.271. The molecule has 144 valence electrons. The van der Waals surface area contributed by atoms with Crippen LogP contribution in [0.1, 0.15) is 34.0 Å². The highest BCUT2D eigenvalue weighted by Crippen LogP contribution is 2.25. The number of hydrogen-bond acceptors (Lipinski definition) is 4. The molecule has 3 aromatic rings. The van der Waals surface area contributed by atoms with Crippen molar-refractivity contribution in [2.45, 2.75) is 20.0 Å². The first-order valence-corrected chi connectivity index (χ1v) is 9.89. The van der Waals surface area contributed by atoms with E-state index in [0.29, 0.717) is 25.2 Å². The summed E-state index contributed by atoms with van der Waals surface area (Å²) in [6, 6.07) is 14.0. The minimum atomic E-state index is -0.382. The largest absolute Gasteiger partial charge is 0.489 e. The third-order valence-electron chi connectivity index (χ3n) is 4.03. The Morgan fingerprint density at radius 1 is 1.07 bits per heavy atom. The molecule has 4 nitrogen and oxygen atoms in total. The number of hydrogen-bond donors (Lipinski definition) is 0. The van der Waals surface area contributed by atoms with E-state index in [1.165, 1.54) is 18.3 Å². The van der Waals surface area contributed by atoms with Gasteiger partial charge in [0.15, 0.2) is 0 Å². The maximum Gasteiger partial charge on any atom is 0.339 e. The minimum Gasteiger partial charge on any atom is -0.489 e. The van der Waals surface area contributed by atoms with E-state index in [0.717, 1.165) is 26.0 Å². The number of carbonyl (C=O) groups is 1. The van der Waals surface area contributed by atoms with E-state index >= 15 is 0 Å². The summed E-state index contributed by atoms with van der Waals surface area (Å²) in [5.74, 6) is 0.0891. The number of benzene rings is 2. The van der Waals surface area contributed by atoms with Crippen molar-refractivity contribution in [3.63, 3.8) is 0 Å². The summed E-state index contributed by atoms with van der Waals surface area (Å²) in [4.78, 5) is 16.1. The van der Waals surface area contributed by atoms with Crippen LogP contribution >= 0.6 is 22.6 Å². The zero-order chi connectivity index (χ0) is 19.9. The Balaban J connectivity index is 1.78. The molecular formula is C22H19FINO3. The van der Waals surface area contributed by atoms with Gasteiger partial charge in [-0.15, -0.1) is 0 Å². The fraction of sp³-hybridized carbons (Fsp3) is 0.182. The van der Waals surface area contributed by atoms with Crippen LogP contribution in [0.4, 0.5) is 4.39 Å². The summed E-state index contributed by atoms with van der Waals surface area (Å²) >= 11 is 2.25. The van der Waals surface area contributed by atoms with Crippen LogP contribution in [-0.2, 0) is 17.8 Å². The van der Waals surface area contributed by atoms with E-state index in [1.807, 2.05) is 18.2 Å². The van der Waals surface area contributed by atoms with Gasteiger partial charge in [0, 0.05) is 22.4 Å². The highest BCUT2D eigenvalue weighted by atomic mass is 127. The van der Waals surface area contributed by atoms with Crippen LogP contribution in [0.3, 0.4) is 0 Å². The number of halogens is 2. The topological polar surface area (TPSA) is 48.4 Å². The molecule has 28 heavy (non-hydrogen) atoms. The van der Waals surface area contributed by atoms with Crippen molar-refractivity contribution < 1.29 is 18.7 Å². The van der Waals surface area contributed by atoms with Gasteiger partial charge in [-0.25, -0.2) is 9.18 Å². The Hall–Kier alpha value is -2.48. The zero-order valence-corrected chi connectivity index (χ0v) is 17.5. The fourth-order valence-electron chi connectivity index (χ4n) is 2.70. The smallest absolute Gasteiger partial charge is 0.339 e. The lowest BCUT2D eigenvalue weighted by molar-refractivity contribution is 0.0525. The molecular weight excluding hydrogens is 472 g/mol. The monoisotopic (exact) mass is 491 g/mol. The molecule has 0 saturated heterocycles. The highest BCUT2D eigenvalue weighted by molar-refractivity contribution is 14.1. The molecule has 0 spiro atoms. The third-order valence-corrected chi connectivity index (χ3v) is 4.70. The van der Waals surface area contributed by atoms with E-state index in [-0.39, 0.29) is 11.8 Å². The van der Waals surface area contributed by atoms with Crippen molar-refractivity contribution in [1.82, 2.24) is 4.98 Å². The predicted octanol–water partition coefficient (Wildman–Crippen LogP) is 5.17. The Morgan fingerprint density at radius 3 is 2.61 bits per heavy atom. The summed E-state index contributed by atoms with van der Waals surface area (Å²) in [6.07, 6.45) is 3.80. The van der Waals surface area contributed by atoms with Crippen LogP contribution in [0.25, 0.3) is 0 Å². The van der Waals surface area contributed by atoms with Gasteiger partial charge >= 0.3 is 5.97 Å². The Labute approximate surface area is 176 Å². The molecule has 0 amide bonds. The van der Waals surface area contributed by atoms with Crippen LogP contribution in [0.5, 0.6) is 5.75 Å². The molecule has 0 radical (unpaired) electrons. The molecule has 0 bridgehead atoms. The summed E-state index contributed by atoms with van der Waals surface area (Å²) in [6.45, 7) is 2.43. The van der Waals surface area contributed by atoms with E-state index in [9.17, 15) is 9.18 Å². The molecule has 0 aliphatic heterocycles. The van der Waals surface area contributed by atoms with Crippen LogP contribution in [-0.4, -0.2) is 17.6 Å². The lowest BCUT2D eigenvalue weighted by Crippen LogP contribution is -2.06. The Bertz CT molecular complexity index is 960. The molecule has 6 heteroatoms. The van der Waals surface area contributed by atoms with Crippen LogP contribution < -0.4 is 4.74 Å². The number of esters is 1. The molecule has 1 heterocycles. The summed E-state index contributed by atoms with van der Waals surface area (Å²) in [7, 11) is 0. The summed E-state index contributed by atoms with van der Waals surface area (Å²) in [5, 5.41) is 0. The van der Waals surface area contributed by atoms with Crippen molar-refractivity contribution in [2.75, 3.05) is 6.61 Å². The van der Waals surface area contributed by atoms with E-state index in [1.54, 1.807) is 31.3 Å². The van der Waals surface area contributed by atoms with Gasteiger partial charge in [0.1, 0.15) is 18.2 Å². The maximum absolute atomic E-state index is 13.1. The van der Waals surface area contributed by atoms with Crippen LogP contribution in [0.2, 0.25) is 0 Å². The van der Waals surface area contributed by atoms with Gasteiger partial charge in [0.2, 0.25) is 0 Å². The Kier molecular flexibility index (Phi) is 6.97. The lowest BCUT2D eigenvalue weighted by Gasteiger charge is -2.13. The predicted molar refractivity (Wildman–Crippen MR) is 113 cm³/mol. The standard InChI is InChI=1S/C22H19FINO3/c1-2-27-22(26)18-10-16(12-25-13-18)9-17-11-20(24)7-8-21(17)28-14-15-3-5-19(23)6-4-15/h3-8,10-13H,2,9,14H2,1H3. The second kappa shape index (κ2) is 9.64. The highest BCUT2D eigenvalue weighted by Gasteiger charge is 2.11. The molecule has 2 aromatic carbocycles. The molecule has 0 aliphatic rings. The molecule has 0 atom stereocenters. The number of pyridine rings is 1. The van der Waals surface area contributed by atoms with E-state index in [2.05, 4.69) is 27.6 Å². The number of ether oxygens (including phenoxy) is 2. The maximum atomic E-state index is 13.1. The number of aromatic nitrogens is 1. The number of rotatable bonds is 7. The van der Waals surface area contributed by atoms with Gasteiger partial charge in [-0.1, -0.05) is 12.1 Å². The number of nitrogens with zero attached hydrogens (tertiary/aromatic N) is 1. The quantitative estimate of drug-likeness (QED) is 0.338. The fourth-order valence-corrected chi connectivity index (χ4v) is 3.25. The Morgan fingerprint density at radius 2 is 1.86 bits per heavy atom. The van der Waals surface area contributed by atoms with E-state index < -0.39 is 0 Å². The van der Waals surface area contributed by atoms with Crippen molar-refractivity contribution >= 4 is 28.6 Å². The molecule has 0 unspecified atom stereocenters. The van der Waals surface area contributed by atoms with Crippen molar-refractivity contribution in [3.05, 3.63) is 92.6 Å². The molecule has 0 N–H and O–H groups in total. The first-order valence-electron chi connectivity index (χ1n) is 8.82. The molecule has 0 saturated carbocycles. The van der Waals surface area contributed by atoms with E-state index in [4.69, 9.17) is 9.47 Å². The van der Waals surface area contributed by atoms with Gasteiger partial charge in [-0.3, -0.25) is 4.98 Å². The third kappa shape index (κ3) is 5.51. The SMILES string of the molecule is CCOC(=O)c1cncc(Cc2cc(I)ccc2OCc2ccc(F)cc2)c1. The molecule has 0 fully saturated rings. The number of carbonyl (C=O) groups excluding carboxylic acids is 1. The molecule has 3 rings (SSSR count). The first-order chi connectivity index (χ1) is 13.5. The second-order valence-corrected chi connectivity index (χ2v) is 7.39. The molecule has 0 aliphatic carbocycles. The normalized spacial score (nSPS) is 10.5.